The molecule has 15 heavy (non-hydrogen) atoms. The number of carbonyl (C=O) groups excluding carboxylic acids is 2. The summed E-state index contributed by atoms with van der Waals surface area (Å²) in [6, 6.07) is 0. The molecule has 0 aliphatic heterocycles. The number of rotatable bonds is 3. The summed E-state index contributed by atoms with van der Waals surface area (Å²) < 4.78 is 4.94. The highest BCUT2D eigenvalue weighted by molar-refractivity contribution is 5.82. The number of hydrogen-bond donors (Lipinski definition) is 2. The van der Waals surface area contributed by atoms with Crippen LogP contribution in [0.25, 0.3) is 0 Å². The van der Waals surface area contributed by atoms with Crippen LogP contribution in [0.4, 0.5) is 4.79 Å². The van der Waals surface area contributed by atoms with Gasteiger partial charge in [0.25, 0.3) is 0 Å². The Kier molecular flexibility index (Phi) is 5.44. The predicted molar refractivity (Wildman–Crippen MR) is 57.2 cm³/mol. The van der Waals surface area contributed by atoms with Gasteiger partial charge in [0.2, 0.25) is 5.91 Å². The molecule has 0 saturated heterocycles. The summed E-state index contributed by atoms with van der Waals surface area (Å²) in [5.74, 6) is -0.293. The molecule has 5 nitrogen and oxygen atoms in total. The van der Waals surface area contributed by atoms with Crippen LogP contribution < -0.4 is 10.6 Å². The lowest BCUT2D eigenvalue weighted by atomic mass is 10.2. The molecule has 0 saturated carbocycles. The predicted octanol–water partition coefficient (Wildman–Crippen LogP) is 1.16. The molecule has 0 heterocycles. The van der Waals surface area contributed by atoms with Crippen LogP contribution in [0.2, 0.25) is 0 Å². The molecule has 0 fully saturated rings. The molecular formula is C10H18N2O3. The smallest absolute Gasteiger partial charge is 0.408 e. The molecule has 0 radical (unpaired) electrons. The van der Waals surface area contributed by atoms with E-state index in [9.17, 15) is 9.59 Å². The Bertz CT molecular complexity index is 254. The molecule has 0 aromatic heterocycles. The van der Waals surface area contributed by atoms with Gasteiger partial charge in [0.05, 0.1) is 0 Å². The Labute approximate surface area is 89.9 Å². The summed E-state index contributed by atoms with van der Waals surface area (Å²) in [5.41, 5.74) is -0.552. The van der Waals surface area contributed by atoms with Crippen LogP contribution in [-0.2, 0) is 9.53 Å². The zero-order chi connectivity index (χ0) is 11.9. The van der Waals surface area contributed by atoms with Gasteiger partial charge in [-0.1, -0.05) is 6.08 Å². The van der Waals surface area contributed by atoms with Crippen molar-refractivity contribution in [2.75, 3.05) is 6.54 Å². The van der Waals surface area contributed by atoms with E-state index in [4.69, 9.17) is 4.74 Å². The molecule has 0 bridgehead atoms. The highest BCUT2D eigenvalue weighted by Gasteiger charge is 2.16. The third-order valence-corrected chi connectivity index (χ3v) is 1.20. The van der Waals surface area contributed by atoms with Crippen LogP contribution in [0.1, 0.15) is 27.7 Å². The summed E-state index contributed by atoms with van der Waals surface area (Å²) in [6.07, 6.45) is 2.59. The standard InChI is InChI=1S/C10H18N2O3/c1-5-6-11-8(13)7-12-9(14)15-10(2,3)4/h5-6H,7H2,1-4H3,(H,11,13)(H,12,14)/b6-5-. The van der Waals surface area contributed by atoms with Crippen molar-refractivity contribution in [3.05, 3.63) is 12.3 Å². The maximum atomic E-state index is 11.1. The molecule has 0 unspecified atom stereocenters. The highest BCUT2D eigenvalue weighted by Crippen LogP contribution is 2.05. The van der Waals surface area contributed by atoms with Crippen molar-refractivity contribution in [1.82, 2.24) is 10.6 Å². The van der Waals surface area contributed by atoms with E-state index >= 15 is 0 Å². The number of carbonyl (C=O) groups is 2. The zero-order valence-electron chi connectivity index (χ0n) is 9.59. The SMILES string of the molecule is C/C=C\NC(=O)CNC(=O)OC(C)(C)C. The third kappa shape index (κ3) is 8.80. The molecule has 0 aromatic carbocycles. The van der Waals surface area contributed by atoms with Crippen molar-refractivity contribution in [3.8, 4) is 0 Å². The van der Waals surface area contributed by atoms with Gasteiger partial charge in [-0.25, -0.2) is 4.79 Å². The highest BCUT2D eigenvalue weighted by atomic mass is 16.6. The first kappa shape index (κ1) is 13.5. The van der Waals surface area contributed by atoms with Crippen molar-refractivity contribution >= 4 is 12.0 Å². The lowest BCUT2D eigenvalue weighted by Crippen LogP contribution is -2.38. The molecular weight excluding hydrogens is 196 g/mol. The minimum absolute atomic E-state index is 0.0980. The van der Waals surface area contributed by atoms with Gasteiger partial charge in [-0.05, 0) is 33.9 Å². The van der Waals surface area contributed by atoms with Gasteiger partial charge in [0, 0.05) is 0 Å². The van der Waals surface area contributed by atoms with E-state index in [-0.39, 0.29) is 12.5 Å². The maximum absolute atomic E-state index is 11.1. The van der Waals surface area contributed by atoms with Crippen molar-refractivity contribution in [1.29, 1.82) is 0 Å². The van der Waals surface area contributed by atoms with E-state index in [0.29, 0.717) is 0 Å². The van der Waals surface area contributed by atoms with E-state index in [1.807, 2.05) is 0 Å². The maximum Gasteiger partial charge on any atom is 0.408 e. The summed E-state index contributed by atoms with van der Waals surface area (Å²) in [4.78, 5) is 22.1. The number of alkyl carbamates (subject to hydrolysis) is 1. The van der Waals surface area contributed by atoms with E-state index in [2.05, 4.69) is 10.6 Å². The van der Waals surface area contributed by atoms with E-state index < -0.39 is 11.7 Å². The first-order chi connectivity index (χ1) is 6.85. The second-order valence-corrected chi connectivity index (χ2v) is 3.92. The molecule has 2 amide bonds. The fraction of sp³-hybridized carbons (Fsp3) is 0.600. The van der Waals surface area contributed by atoms with Gasteiger partial charge in [-0.15, -0.1) is 0 Å². The number of amides is 2. The second kappa shape index (κ2) is 6.06. The molecule has 0 spiro atoms. The lowest BCUT2D eigenvalue weighted by Gasteiger charge is -2.19. The molecule has 2 N–H and O–H groups in total. The summed E-state index contributed by atoms with van der Waals surface area (Å²) in [5, 5.41) is 4.80. The first-order valence-corrected chi connectivity index (χ1v) is 4.72. The van der Waals surface area contributed by atoms with Crippen molar-refractivity contribution < 1.29 is 14.3 Å². The van der Waals surface area contributed by atoms with E-state index in [1.54, 1.807) is 33.8 Å². The quantitative estimate of drug-likeness (QED) is 0.740. The van der Waals surface area contributed by atoms with Crippen molar-refractivity contribution in [2.24, 2.45) is 0 Å². The number of hydrogen-bond acceptors (Lipinski definition) is 3. The van der Waals surface area contributed by atoms with Crippen LogP contribution in [-0.4, -0.2) is 24.1 Å². The number of allylic oxidation sites excluding steroid dienone is 1. The van der Waals surface area contributed by atoms with Gasteiger partial charge >= 0.3 is 6.09 Å². The van der Waals surface area contributed by atoms with Gasteiger partial charge in [0.1, 0.15) is 12.1 Å². The Balaban J connectivity index is 3.76. The van der Waals surface area contributed by atoms with E-state index in [0.717, 1.165) is 0 Å². The fourth-order valence-electron chi connectivity index (χ4n) is 0.694. The average Bonchev–Trinajstić information content (AvgIpc) is 2.08. The Morgan fingerprint density at radius 2 is 1.93 bits per heavy atom. The largest absolute Gasteiger partial charge is 0.444 e. The minimum atomic E-state index is -0.599. The Hall–Kier alpha value is -1.52. The normalized spacial score (nSPS) is 11.2. The number of ether oxygens (including phenoxy) is 1. The molecule has 0 aromatic rings. The van der Waals surface area contributed by atoms with Gasteiger partial charge < -0.3 is 15.4 Å². The van der Waals surface area contributed by atoms with Gasteiger partial charge in [0.15, 0.2) is 0 Å². The zero-order valence-corrected chi connectivity index (χ0v) is 9.59. The van der Waals surface area contributed by atoms with E-state index in [1.165, 1.54) is 6.20 Å². The lowest BCUT2D eigenvalue weighted by molar-refractivity contribution is -0.119. The number of nitrogens with one attached hydrogen (secondary N) is 2. The van der Waals surface area contributed by atoms with Gasteiger partial charge in [-0.3, -0.25) is 4.79 Å². The fourth-order valence-corrected chi connectivity index (χ4v) is 0.694. The molecule has 5 heteroatoms. The molecule has 0 atom stereocenters. The second-order valence-electron chi connectivity index (χ2n) is 3.92. The monoisotopic (exact) mass is 214 g/mol. The van der Waals surface area contributed by atoms with Crippen molar-refractivity contribution in [3.63, 3.8) is 0 Å². The van der Waals surface area contributed by atoms with Crippen LogP contribution in [0, 0.1) is 0 Å². The van der Waals surface area contributed by atoms with Crippen LogP contribution in [0.3, 0.4) is 0 Å². The summed E-state index contributed by atoms with van der Waals surface area (Å²) in [6.45, 7) is 6.95. The van der Waals surface area contributed by atoms with Crippen molar-refractivity contribution in [2.45, 2.75) is 33.3 Å². The topological polar surface area (TPSA) is 67.4 Å². The molecule has 86 valence electrons. The third-order valence-electron chi connectivity index (χ3n) is 1.20. The van der Waals surface area contributed by atoms with Crippen LogP contribution >= 0.6 is 0 Å². The first-order valence-electron chi connectivity index (χ1n) is 4.72. The minimum Gasteiger partial charge on any atom is -0.444 e. The molecule has 0 aliphatic carbocycles. The molecule has 0 aliphatic rings. The molecule has 0 rings (SSSR count). The summed E-state index contributed by atoms with van der Waals surface area (Å²) in [7, 11) is 0. The summed E-state index contributed by atoms with van der Waals surface area (Å²) >= 11 is 0. The van der Waals surface area contributed by atoms with Crippen LogP contribution in [0.15, 0.2) is 12.3 Å². The van der Waals surface area contributed by atoms with Crippen LogP contribution in [0.5, 0.6) is 0 Å². The Morgan fingerprint density at radius 3 is 2.40 bits per heavy atom. The Morgan fingerprint density at radius 1 is 1.33 bits per heavy atom. The van der Waals surface area contributed by atoms with Gasteiger partial charge in [-0.2, -0.15) is 0 Å². The average molecular weight is 214 g/mol.